The van der Waals surface area contributed by atoms with Crippen LogP contribution in [-0.2, 0) is 0 Å². The number of nitrogens with zero attached hydrogens (tertiary/aromatic N) is 2. The lowest BCUT2D eigenvalue weighted by Gasteiger charge is -2.09. The molecule has 2 aromatic carbocycles. The van der Waals surface area contributed by atoms with Gasteiger partial charge >= 0.3 is 0 Å². The highest BCUT2D eigenvalue weighted by Crippen LogP contribution is 2.19. The van der Waals surface area contributed by atoms with Gasteiger partial charge in [0.2, 0.25) is 0 Å². The lowest BCUT2D eigenvalue weighted by atomic mass is 10.1. The van der Waals surface area contributed by atoms with Crippen LogP contribution in [-0.4, -0.2) is 10.9 Å². The van der Waals surface area contributed by atoms with E-state index in [1.54, 1.807) is 36.5 Å². The molecule has 0 aliphatic rings. The van der Waals surface area contributed by atoms with Gasteiger partial charge in [0.15, 0.2) is 0 Å². The second-order valence-electron chi connectivity index (χ2n) is 6.08. The summed E-state index contributed by atoms with van der Waals surface area (Å²) in [6.45, 7) is 4.10. The Kier molecular flexibility index (Phi) is 4.95. The quantitative estimate of drug-likeness (QED) is 0.728. The van der Waals surface area contributed by atoms with Gasteiger partial charge in [-0.05, 0) is 73.5 Å². The van der Waals surface area contributed by atoms with Gasteiger partial charge in [0, 0.05) is 11.4 Å². The third-order valence-corrected chi connectivity index (χ3v) is 3.78. The van der Waals surface area contributed by atoms with E-state index < -0.39 is 0 Å². The predicted molar refractivity (Wildman–Crippen MR) is 103 cm³/mol. The highest BCUT2D eigenvalue weighted by molar-refractivity contribution is 6.03. The standard InChI is InChI=1S/C21H18N4O/c1-14-9-15(2)11-19(10-14)24-18-7-8-20(23-13-18)21(26)25-17-5-3-16(12-22)4-6-17/h3-11,13,24H,1-2H3,(H,25,26). The molecule has 5 nitrogen and oxygen atoms in total. The van der Waals surface area contributed by atoms with Crippen molar-refractivity contribution in [2.75, 3.05) is 10.6 Å². The fraction of sp³-hybridized carbons (Fsp3) is 0.0952. The Hall–Kier alpha value is -3.65. The number of hydrogen-bond donors (Lipinski definition) is 2. The first-order valence-electron chi connectivity index (χ1n) is 8.16. The van der Waals surface area contributed by atoms with E-state index in [-0.39, 0.29) is 5.91 Å². The highest BCUT2D eigenvalue weighted by atomic mass is 16.1. The zero-order chi connectivity index (χ0) is 18.5. The van der Waals surface area contributed by atoms with Crippen LogP contribution in [0, 0.1) is 25.2 Å². The smallest absolute Gasteiger partial charge is 0.274 e. The average Bonchev–Trinajstić information content (AvgIpc) is 2.62. The molecule has 0 bridgehead atoms. The fourth-order valence-electron chi connectivity index (χ4n) is 2.64. The molecule has 3 aromatic rings. The van der Waals surface area contributed by atoms with Crippen molar-refractivity contribution in [3.63, 3.8) is 0 Å². The van der Waals surface area contributed by atoms with Crippen molar-refractivity contribution in [1.29, 1.82) is 5.26 Å². The van der Waals surface area contributed by atoms with Crippen LogP contribution in [0.1, 0.15) is 27.2 Å². The average molecular weight is 342 g/mol. The van der Waals surface area contributed by atoms with Crippen molar-refractivity contribution in [1.82, 2.24) is 4.98 Å². The topological polar surface area (TPSA) is 77.8 Å². The molecule has 26 heavy (non-hydrogen) atoms. The number of rotatable bonds is 4. The Balaban J connectivity index is 1.68. The third-order valence-electron chi connectivity index (χ3n) is 3.78. The monoisotopic (exact) mass is 342 g/mol. The van der Waals surface area contributed by atoms with Gasteiger partial charge < -0.3 is 10.6 Å². The Labute approximate surface area is 152 Å². The molecule has 3 rings (SSSR count). The molecule has 2 N–H and O–H groups in total. The molecule has 5 heteroatoms. The van der Waals surface area contributed by atoms with Crippen molar-refractivity contribution in [3.8, 4) is 6.07 Å². The molecule has 0 spiro atoms. The molecule has 0 saturated carbocycles. The number of anilines is 3. The summed E-state index contributed by atoms with van der Waals surface area (Å²) in [4.78, 5) is 16.5. The maximum Gasteiger partial charge on any atom is 0.274 e. The molecular formula is C21H18N4O. The van der Waals surface area contributed by atoms with Gasteiger partial charge in [0.25, 0.3) is 5.91 Å². The number of pyridine rings is 1. The number of hydrogen-bond acceptors (Lipinski definition) is 4. The maximum atomic E-state index is 12.3. The third kappa shape index (κ3) is 4.25. The van der Waals surface area contributed by atoms with Crippen LogP contribution >= 0.6 is 0 Å². The minimum atomic E-state index is -0.298. The molecule has 0 aliphatic carbocycles. The number of carbonyl (C=O) groups is 1. The number of aromatic nitrogens is 1. The second-order valence-corrected chi connectivity index (χ2v) is 6.08. The summed E-state index contributed by atoms with van der Waals surface area (Å²) in [6.07, 6.45) is 1.63. The largest absolute Gasteiger partial charge is 0.354 e. The molecule has 0 atom stereocenters. The summed E-state index contributed by atoms with van der Waals surface area (Å²) in [5, 5.41) is 14.8. The van der Waals surface area contributed by atoms with E-state index in [0.717, 1.165) is 11.4 Å². The number of carbonyl (C=O) groups excluding carboxylic acids is 1. The summed E-state index contributed by atoms with van der Waals surface area (Å²) in [6, 6.07) is 18.4. The van der Waals surface area contributed by atoms with Gasteiger partial charge in [-0.3, -0.25) is 4.79 Å². The van der Waals surface area contributed by atoms with E-state index in [0.29, 0.717) is 16.9 Å². The summed E-state index contributed by atoms with van der Waals surface area (Å²) in [5.74, 6) is -0.298. The van der Waals surface area contributed by atoms with Crippen molar-refractivity contribution in [2.45, 2.75) is 13.8 Å². The fourth-order valence-corrected chi connectivity index (χ4v) is 2.64. The van der Waals surface area contributed by atoms with Crippen LogP contribution in [0.15, 0.2) is 60.8 Å². The summed E-state index contributed by atoms with van der Waals surface area (Å²) in [5.41, 5.74) is 5.64. The molecule has 128 valence electrons. The van der Waals surface area contributed by atoms with Crippen LogP contribution in [0.25, 0.3) is 0 Å². The number of nitriles is 1. The minimum Gasteiger partial charge on any atom is -0.354 e. The molecule has 1 heterocycles. The van der Waals surface area contributed by atoms with E-state index in [2.05, 4.69) is 33.8 Å². The predicted octanol–water partition coefficient (Wildman–Crippen LogP) is 4.57. The normalized spacial score (nSPS) is 10.0. The van der Waals surface area contributed by atoms with E-state index in [4.69, 9.17) is 5.26 Å². The number of aryl methyl sites for hydroxylation is 2. The van der Waals surface area contributed by atoms with Gasteiger partial charge in [-0.15, -0.1) is 0 Å². The second kappa shape index (κ2) is 7.49. The highest BCUT2D eigenvalue weighted by Gasteiger charge is 2.08. The van der Waals surface area contributed by atoms with Crippen LogP contribution in [0.5, 0.6) is 0 Å². The zero-order valence-corrected chi connectivity index (χ0v) is 14.6. The lowest BCUT2D eigenvalue weighted by Crippen LogP contribution is -2.13. The number of amides is 1. The van der Waals surface area contributed by atoms with Gasteiger partial charge in [-0.2, -0.15) is 5.26 Å². The van der Waals surface area contributed by atoms with Gasteiger partial charge in [-0.25, -0.2) is 4.98 Å². The van der Waals surface area contributed by atoms with Crippen LogP contribution < -0.4 is 10.6 Å². The number of benzene rings is 2. The Morgan fingerprint density at radius 1 is 0.923 bits per heavy atom. The summed E-state index contributed by atoms with van der Waals surface area (Å²) >= 11 is 0. The van der Waals surface area contributed by atoms with Crippen LogP contribution in [0.2, 0.25) is 0 Å². The SMILES string of the molecule is Cc1cc(C)cc(Nc2ccc(C(=O)Nc3ccc(C#N)cc3)nc2)c1. The first kappa shape index (κ1) is 17.2. The van der Waals surface area contributed by atoms with Crippen molar-refractivity contribution < 1.29 is 4.79 Å². The van der Waals surface area contributed by atoms with E-state index in [1.807, 2.05) is 26.0 Å². The summed E-state index contributed by atoms with van der Waals surface area (Å²) < 4.78 is 0. The first-order valence-corrected chi connectivity index (χ1v) is 8.16. The van der Waals surface area contributed by atoms with E-state index >= 15 is 0 Å². The van der Waals surface area contributed by atoms with Crippen molar-refractivity contribution in [2.24, 2.45) is 0 Å². The Bertz CT molecular complexity index is 950. The Morgan fingerprint density at radius 3 is 2.15 bits per heavy atom. The lowest BCUT2D eigenvalue weighted by molar-refractivity contribution is 0.102. The molecular weight excluding hydrogens is 324 g/mol. The summed E-state index contributed by atoms with van der Waals surface area (Å²) in [7, 11) is 0. The Morgan fingerprint density at radius 2 is 1.58 bits per heavy atom. The van der Waals surface area contributed by atoms with Crippen LogP contribution in [0.3, 0.4) is 0 Å². The molecule has 1 aromatic heterocycles. The molecule has 0 fully saturated rings. The van der Waals surface area contributed by atoms with Gasteiger partial charge in [0.1, 0.15) is 5.69 Å². The maximum absolute atomic E-state index is 12.3. The van der Waals surface area contributed by atoms with Crippen molar-refractivity contribution in [3.05, 3.63) is 83.2 Å². The minimum absolute atomic E-state index is 0.298. The number of nitrogens with one attached hydrogen (secondary N) is 2. The van der Waals surface area contributed by atoms with Crippen molar-refractivity contribution >= 4 is 23.0 Å². The first-order chi connectivity index (χ1) is 12.5. The van der Waals surface area contributed by atoms with Gasteiger partial charge in [0.05, 0.1) is 23.5 Å². The van der Waals surface area contributed by atoms with Gasteiger partial charge in [-0.1, -0.05) is 6.07 Å². The molecule has 1 amide bonds. The molecule has 0 saturated heterocycles. The van der Waals surface area contributed by atoms with E-state index in [9.17, 15) is 4.79 Å². The van der Waals surface area contributed by atoms with E-state index in [1.165, 1.54) is 11.1 Å². The molecule has 0 aliphatic heterocycles. The molecule has 0 unspecified atom stereocenters. The zero-order valence-electron chi connectivity index (χ0n) is 14.6. The molecule has 0 radical (unpaired) electrons. The van der Waals surface area contributed by atoms with Crippen LogP contribution in [0.4, 0.5) is 17.1 Å².